The third-order valence-corrected chi connectivity index (χ3v) is 3.11. The summed E-state index contributed by atoms with van der Waals surface area (Å²) in [7, 11) is 0. The van der Waals surface area contributed by atoms with Gasteiger partial charge < -0.3 is 10.4 Å². The average molecular weight is 250 g/mol. The zero-order valence-electron chi connectivity index (χ0n) is 9.12. The second-order valence-electron chi connectivity index (χ2n) is 4.48. The van der Waals surface area contributed by atoms with Crippen LogP contribution >= 0.6 is 23.3 Å². The lowest BCUT2D eigenvalue weighted by Crippen LogP contribution is -2.35. The molecule has 0 aromatic carbocycles. The summed E-state index contributed by atoms with van der Waals surface area (Å²) in [6.07, 6.45) is 0.664. The van der Waals surface area contributed by atoms with E-state index in [0.717, 1.165) is 11.7 Å². The first-order valence-electron chi connectivity index (χ1n) is 4.80. The van der Waals surface area contributed by atoms with Gasteiger partial charge in [-0.05, 0) is 11.8 Å². The van der Waals surface area contributed by atoms with Gasteiger partial charge in [-0.25, -0.2) is 0 Å². The Morgan fingerprint density at radius 1 is 1.47 bits per heavy atom. The predicted molar refractivity (Wildman–Crippen MR) is 63.5 cm³/mol. The minimum atomic E-state index is 0.0374. The van der Waals surface area contributed by atoms with Crippen LogP contribution in [0, 0.1) is 5.41 Å². The molecule has 1 aromatic rings. The maximum Gasteiger partial charge on any atom is 0.186 e. The summed E-state index contributed by atoms with van der Waals surface area (Å²) in [5.41, 5.74) is 0.0374. The summed E-state index contributed by atoms with van der Waals surface area (Å²) in [6.45, 7) is 6.46. The minimum absolute atomic E-state index is 0.0374. The van der Waals surface area contributed by atoms with Crippen LogP contribution in [0.15, 0.2) is 0 Å². The van der Waals surface area contributed by atoms with Crippen LogP contribution in [-0.2, 0) is 0 Å². The van der Waals surface area contributed by atoms with Crippen LogP contribution in [-0.4, -0.2) is 26.5 Å². The van der Waals surface area contributed by atoms with E-state index in [1.165, 1.54) is 0 Å². The van der Waals surface area contributed by atoms with Gasteiger partial charge in [-0.3, -0.25) is 0 Å². The molecule has 6 heteroatoms. The van der Waals surface area contributed by atoms with Crippen LogP contribution in [0.4, 0.5) is 5.82 Å². The van der Waals surface area contributed by atoms with Gasteiger partial charge in [0, 0.05) is 12.6 Å². The molecule has 0 aliphatic heterocycles. The Kier molecular flexibility index (Phi) is 4.31. The smallest absolute Gasteiger partial charge is 0.186 e. The van der Waals surface area contributed by atoms with Gasteiger partial charge in [0.1, 0.15) is 0 Å². The number of hydrogen-bond donors (Lipinski definition) is 2. The lowest BCUT2D eigenvalue weighted by atomic mass is 9.85. The van der Waals surface area contributed by atoms with Crippen LogP contribution in [0.5, 0.6) is 0 Å². The maximum atomic E-state index is 8.99. The standard InChI is InChI=1S/C9H16ClN3OS/c1-9(2,3)6(4-5-14)11-8-7(10)12-15-13-8/h6,14H,4-5H2,1-3H3,(H,11,13). The molecular formula is C9H16ClN3OS. The third kappa shape index (κ3) is 3.59. The first-order valence-corrected chi connectivity index (χ1v) is 5.91. The number of aliphatic hydroxyl groups excluding tert-OH is 1. The number of halogens is 1. The first kappa shape index (κ1) is 12.7. The van der Waals surface area contributed by atoms with E-state index in [-0.39, 0.29) is 18.1 Å². The predicted octanol–water partition coefficient (Wildman–Crippen LogP) is 2.40. The fraction of sp³-hybridized carbons (Fsp3) is 0.778. The van der Waals surface area contributed by atoms with Crippen molar-refractivity contribution in [3.8, 4) is 0 Å². The third-order valence-electron chi connectivity index (χ3n) is 2.22. The molecule has 4 nitrogen and oxygen atoms in total. The largest absolute Gasteiger partial charge is 0.396 e. The Labute approximate surface area is 99.0 Å². The Hall–Kier alpha value is -0.390. The van der Waals surface area contributed by atoms with Gasteiger partial charge in [0.25, 0.3) is 0 Å². The Morgan fingerprint density at radius 3 is 2.53 bits per heavy atom. The van der Waals surface area contributed by atoms with Crippen molar-refractivity contribution in [2.24, 2.45) is 5.41 Å². The average Bonchev–Trinajstić information content (AvgIpc) is 2.49. The van der Waals surface area contributed by atoms with Crippen LogP contribution in [0.2, 0.25) is 5.15 Å². The van der Waals surface area contributed by atoms with E-state index in [4.69, 9.17) is 16.7 Å². The van der Waals surface area contributed by atoms with E-state index >= 15 is 0 Å². The molecule has 1 unspecified atom stereocenters. The van der Waals surface area contributed by atoms with E-state index in [1.807, 2.05) is 0 Å². The molecule has 0 bridgehead atoms. The second kappa shape index (κ2) is 5.09. The number of nitrogens with zero attached hydrogens (tertiary/aromatic N) is 2. The van der Waals surface area contributed by atoms with Gasteiger partial charge in [0.15, 0.2) is 11.0 Å². The van der Waals surface area contributed by atoms with Crippen molar-refractivity contribution < 1.29 is 5.11 Å². The van der Waals surface area contributed by atoms with Crippen molar-refractivity contribution in [1.29, 1.82) is 0 Å². The number of nitrogens with one attached hydrogen (secondary N) is 1. The maximum absolute atomic E-state index is 8.99. The molecule has 0 saturated heterocycles. The van der Waals surface area contributed by atoms with Gasteiger partial charge in [-0.1, -0.05) is 32.4 Å². The first-order chi connectivity index (χ1) is 6.95. The monoisotopic (exact) mass is 249 g/mol. The Balaban J connectivity index is 2.71. The zero-order chi connectivity index (χ0) is 11.5. The van der Waals surface area contributed by atoms with Gasteiger partial charge >= 0.3 is 0 Å². The molecule has 0 amide bonds. The topological polar surface area (TPSA) is 58.0 Å². The highest BCUT2D eigenvalue weighted by Crippen LogP contribution is 2.27. The molecule has 0 radical (unpaired) electrons. The summed E-state index contributed by atoms with van der Waals surface area (Å²) in [4.78, 5) is 0. The SMILES string of the molecule is CC(C)(C)C(CCO)Nc1nsnc1Cl. The molecular weight excluding hydrogens is 234 g/mol. The van der Waals surface area contributed by atoms with Crippen molar-refractivity contribution >= 4 is 29.1 Å². The van der Waals surface area contributed by atoms with Crippen LogP contribution in [0.1, 0.15) is 27.2 Å². The number of hydrogen-bond acceptors (Lipinski definition) is 5. The molecule has 0 fully saturated rings. The molecule has 0 spiro atoms. The van der Waals surface area contributed by atoms with Crippen molar-refractivity contribution in [1.82, 2.24) is 8.75 Å². The Bertz CT molecular complexity index is 311. The van der Waals surface area contributed by atoms with E-state index in [1.54, 1.807) is 0 Å². The molecule has 1 rings (SSSR count). The molecule has 1 heterocycles. The van der Waals surface area contributed by atoms with Gasteiger partial charge in [-0.2, -0.15) is 8.75 Å². The van der Waals surface area contributed by atoms with Crippen molar-refractivity contribution in [3.05, 3.63) is 5.15 Å². The molecule has 15 heavy (non-hydrogen) atoms. The number of rotatable bonds is 4. The fourth-order valence-electron chi connectivity index (χ4n) is 1.28. The van der Waals surface area contributed by atoms with Crippen LogP contribution in [0.3, 0.4) is 0 Å². The summed E-state index contributed by atoms with van der Waals surface area (Å²) in [5, 5.41) is 12.6. The molecule has 0 aliphatic carbocycles. The van der Waals surface area contributed by atoms with Crippen LogP contribution < -0.4 is 5.32 Å². The van der Waals surface area contributed by atoms with Crippen molar-refractivity contribution in [2.45, 2.75) is 33.2 Å². The summed E-state index contributed by atoms with van der Waals surface area (Å²) in [5.74, 6) is 0.607. The van der Waals surface area contributed by atoms with E-state index in [9.17, 15) is 0 Å². The van der Waals surface area contributed by atoms with Gasteiger partial charge in [-0.15, -0.1) is 0 Å². The lowest BCUT2D eigenvalue weighted by Gasteiger charge is -2.31. The number of anilines is 1. The van der Waals surface area contributed by atoms with E-state index in [0.29, 0.717) is 17.4 Å². The molecule has 86 valence electrons. The molecule has 1 aromatic heterocycles. The minimum Gasteiger partial charge on any atom is -0.396 e. The summed E-state index contributed by atoms with van der Waals surface area (Å²) < 4.78 is 7.94. The molecule has 0 saturated carbocycles. The number of aromatic nitrogens is 2. The van der Waals surface area contributed by atoms with Crippen molar-refractivity contribution in [2.75, 3.05) is 11.9 Å². The highest BCUT2D eigenvalue weighted by Gasteiger charge is 2.25. The lowest BCUT2D eigenvalue weighted by molar-refractivity contribution is 0.235. The van der Waals surface area contributed by atoms with Gasteiger partial charge in [0.2, 0.25) is 0 Å². The van der Waals surface area contributed by atoms with E-state index in [2.05, 4.69) is 34.8 Å². The molecule has 2 N–H and O–H groups in total. The second-order valence-corrected chi connectivity index (χ2v) is 5.37. The Morgan fingerprint density at radius 2 is 2.13 bits per heavy atom. The van der Waals surface area contributed by atoms with Crippen molar-refractivity contribution in [3.63, 3.8) is 0 Å². The summed E-state index contributed by atoms with van der Waals surface area (Å²) >= 11 is 6.93. The summed E-state index contributed by atoms with van der Waals surface area (Å²) in [6, 6.07) is 0.129. The molecule has 1 atom stereocenters. The van der Waals surface area contributed by atoms with E-state index < -0.39 is 0 Å². The van der Waals surface area contributed by atoms with Crippen LogP contribution in [0.25, 0.3) is 0 Å². The zero-order valence-corrected chi connectivity index (χ0v) is 10.7. The highest BCUT2D eigenvalue weighted by molar-refractivity contribution is 6.99. The number of aliphatic hydroxyl groups is 1. The fourth-order valence-corrected chi connectivity index (χ4v) is 1.94. The van der Waals surface area contributed by atoms with Gasteiger partial charge in [0.05, 0.1) is 11.7 Å². The quantitative estimate of drug-likeness (QED) is 0.861. The molecule has 0 aliphatic rings. The highest BCUT2D eigenvalue weighted by atomic mass is 35.5. The normalized spacial score (nSPS) is 13.9.